The molecule has 8 nitrogen and oxygen atoms in total. The van der Waals surface area contributed by atoms with Gasteiger partial charge in [-0.05, 0) is 29.8 Å². The molecule has 0 saturated carbocycles. The number of nitrogens with zero attached hydrogens (tertiary/aromatic N) is 3. The highest BCUT2D eigenvalue weighted by Gasteiger charge is 2.17. The van der Waals surface area contributed by atoms with E-state index in [2.05, 4.69) is 20.7 Å². The fraction of sp³-hybridized carbons (Fsp3) is 0.136. The molecule has 4 aromatic rings. The summed E-state index contributed by atoms with van der Waals surface area (Å²) in [6.45, 7) is 0.255. The van der Waals surface area contributed by atoms with Gasteiger partial charge < -0.3 is 22.1 Å². The lowest BCUT2D eigenvalue weighted by Crippen LogP contribution is -2.22. The molecule has 0 radical (unpaired) electrons. The molecule has 0 aliphatic carbocycles. The van der Waals surface area contributed by atoms with Crippen LogP contribution in [-0.2, 0) is 7.05 Å². The van der Waals surface area contributed by atoms with Crippen molar-refractivity contribution >= 4 is 34.1 Å². The lowest BCUT2D eigenvalue weighted by Gasteiger charge is -2.16. The molecular weight excluding hydrogens is 397 g/mol. The summed E-state index contributed by atoms with van der Waals surface area (Å²) in [6.07, 6.45) is 1.73. The Bertz CT molecular complexity index is 1240. The third kappa shape index (κ3) is 4.31. The predicted molar refractivity (Wildman–Crippen MR) is 119 cm³/mol. The summed E-state index contributed by atoms with van der Waals surface area (Å²) in [6, 6.07) is 15.7. The average molecular weight is 419 g/mol. The zero-order valence-corrected chi connectivity index (χ0v) is 16.8. The quantitative estimate of drug-likeness (QED) is 0.365. The van der Waals surface area contributed by atoms with Gasteiger partial charge in [0.2, 0.25) is 0 Å². The van der Waals surface area contributed by atoms with Gasteiger partial charge in [0.05, 0.1) is 17.3 Å². The molecule has 6 N–H and O–H groups in total. The van der Waals surface area contributed by atoms with E-state index in [-0.39, 0.29) is 29.8 Å². The largest absolute Gasteiger partial charge is 0.366 e. The van der Waals surface area contributed by atoms with Crippen molar-refractivity contribution in [2.45, 2.75) is 6.04 Å². The van der Waals surface area contributed by atoms with Gasteiger partial charge in [-0.25, -0.2) is 9.37 Å². The Hall–Kier alpha value is -3.98. The zero-order valence-electron chi connectivity index (χ0n) is 16.8. The highest BCUT2D eigenvalue weighted by Crippen LogP contribution is 2.26. The van der Waals surface area contributed by atoms with Crippen LogP contribution in [0.4, 0.5) is 21.7 Å². The molecule has 2 aromatic heterocycles. The van der Waals surface area contributed by atoms with Crippen LogP contribution >= 0.6 is 0 Å². The molecule has 4 rings (SSSR count). The molecule has 1 amide bonds. The smallest absolute Gasteiger partial charge is 0.252 e. The molecule has 1 atom stereocenters. The molecule has 2 aromatic carbocycles. The number of anilines is 3. The Labute approximate surface area is 178 Å². The molecule has 9 heteroatoms. The predicted octanol–water partition coefficient (Wildman–Crippen LogP) is 3.06. The van der Waals surface area contributed by atoms with Crippen molar-refractivity contribution < 1.29 is 9.18 Å². The van der Waals surface area contributed by atoms with Crippen molar-refractivity contribution in [2.75, 3.05) is 17.2 Å². The van der Waals surface area contributed by atoms with Gasteiger partial charge in [0.1, 0.15) is 5.82 Å². The number of fused-ring (bicyclic) bond motifs is 1. The summed E-state index contributed by atoms with van der Waals surface area (Å²) >= 11 is 0. The number of halogens is 1. The van der Waals surface area contributed by atoms with Crippen molar-refractivity contribution in [1.29, 1.82) is 0 Å². The second-order valence-corrected chi connectivity index (χ2v) is 7.14. The summed E-state index contributed by atoms with van der Waals surface area (Å²) < 4.78 is 16.3. The number of nitrogens with one attached hydrogen (secondary N) is 2. The number of hydrogen-bond donors (Lipinski definition) is 4. The zero-order chi connectivity index (χ0) is 22.0. The lowest BCUT2D eigenvalue weighted by molar-refractivity contribution is 0.100. The summed E-state index contributed by atoms with van der Waals surface area (Å²) in [5, 5.41) is 11.1. The maximum absolute atomic E-state index is 14.6. The highest BCUT2D eigenvalue weighted by atomic mass is 19.1. The standard InChI is InChI=1S/C22H22FN7O/c1-30-19-8-7-15(9-14(19)11-27-30)28-21-16(20(25)31)10-17(23)22(29-21)26-12-18(24)13-5-3-2-4-6-13/h2-11,18H,12,24H2,1H3,(H2,25,31)(H2,26,28,29)/t18-/m1/s1. The number of rotatable bonds is 7. The van der Waals surface area contributed by atoms with E-state index in [0.717, 1.165) is 22.5 Å². The lowest BCUT2D eigenvalue weighted by atomic mass is 10.1. The van der Waals surface area contributed by atoms with E-state index in [4.69, 9.17) is 11.5 Å². The molecule has 0 saturated heterocycles. The number of hydrogen-bond acceptors (Lipinski definition) is 6. The topological polar surface area (TPSA) is 124 Å². The van der Waals surface area contributed by atoms with Crippen LogP contribution in [0.2, 0.25) is 0 Å². The van der Waals surface area contributed by atoms with Crippen LogP contribution in [-0.4, -0.2) is 27.2 Å². The van der Waals surface area contributed by atoms with Crippen molar-refractivity contribution in [3.05, 3.63) is 77.7 Å². The van der Waals surface area contributed by atoms with Gasteiger partial charge in [0, 0.05) is 30.7 Å². The van der Waals surface area contributed by atoms with E-state index in [1.807, 2.05) is 55.6 Å². The van der Waals surface area contributed by atoms with Crippen molar-refractivity contribution in [2.24, 2.45) is 18.5 Å². The summed E-state index contributed by atoms with van der Waals surface area (Å²) in [4.78, 5) is 16.1. The molecule has 0 unspecified atom stereocenters. The fourth-order valence-corrected chi connectivity index (χ4v) is 3.30. The Morgan fingerprint density at radius 2 is 1.94 bits per heavy atom. The van der Waals surface area contributed by atoms with Crippen LogP contribution in [0.25, 0.3) is 10.9 Å². The number of carbonyl (C=O) groups is 1. The molecule has 158 valence electrons. The van der Waals surface area contributed by atoms with Crippen molar-refractivity contribution in [1.82, 2.24) is 14.8 Å². The van der Waals surface area contributed by atoms with Gasteiger partial charge in [0.25, 0.3) is 5.91 Å². The van der Waals surface area contributed by atoms with E-state index in [1.54, 1.807) is 10.9 Å². The van der Waals surface area contributed by atoms with Gasteiger partial charge in [-0.2, -0.15) is 5.10 Å². The van der Waals surface area contributed by atoms with Gasteiger partial charge in [-0.3, -0.25) is 9.48 Å². The number of carbonyl (C=O) groups excluding carboxylic acids is 1. The first-order chi connectivity index (χ1) is 14.9. The normalized spacial score (nSPS) is 12.0. The van der Waals surface area contributed by atoms with Crippen LogP contribution in [0.3, 0.4) is 0 Å². The third-order valence-electron chi connectivity index (χ3n) is 4.97. The molecule has 0 aliphatic heterocycles. The highest BCUT2D eigenvalue weighted by molar-refractivity contribution is 5.99. The van der Waals surface area contributed by atoms with E-state index >= 15 is 0 Å². The summed E-state index contributed by atoms with van der Waals surface area (Å²) in [5.41, 5.74) is 14.1. The van der Waals surface area contributed by atoms with Crippen LogP contribution in [0, 0.1) is 5.82 Å². The van der Waals surface area contributed by atoms with Crippen LogP contribution in [0.1, 0.15) is 22.0 Å². The number of nitrogens with two attached hydrogens (primary N) is 2. The Balaban J connectivity index is 1.60. The SMILES string of the molecule is Cn1ncc2cc(Nc3nc(NC[C@@H](N)c4ccccc4)c(F)cc3C(N)=O)ccc21. The average Bonchev–Trinajstić information content (AvgIpc) is 3.14. The van der Waals surface area contributed by atoms with E-state index < -0.39 is 11.7 Å². The summed E-state index contributed by atoms with van der Waals surface area (Å²) in [5.74, 6) is -1.36. The molecule has 31 heavy (non-hydrogen) atoms. The van der Waals surface area contributed by atoms with Crippen LogP contribution < -0.4 is 22.1 Å². The van der Waals surface area contributed by atoms with E-state index in [1.165, 1.54) is 0 Å². The fourth-order valence-electron chi connectivity index (χ4n) is 3.30. The Kier molecular flexibility index (Phi) is 5.50. The molecule has 0 bridgehead atoms. The second-order valence-electron chi connectivity index (χ2n) is 7.14. The van der Waals surface area contributed by atoms with Gasteiger partial charge in [-0.1, -0.05) is 30.3 Å². The van der Waals surface area contributed by atoms with E-state index in [0.29, 0.717) is 5.69 Å². The molecule has 0 spiro atoms. The Morgan fingerprint density at radius 1 is 1.16 bits per heavy atom. The van der Waals surface area contributed by atoms with Gasteiger partial charge in [0.15, 0.2) is 11.6 Å². The maximum atomic E-state index is 14.6. The number of aryl methyl sites for hydroxylation is 1. The maximum Gasteiger partial charge on any atom is 0.252 e. The summed E-state index contributed by atoms with van der Waals surface area (Å²) in [7, 11) is 1.85. The number of aromatic nitrogens is 3. The number of pyridine rings is 1. The Morgan fingerprint density at radius 3 is 2.68 bits per heavy atom. The third-order valence-corrected chi connectivity index (χ3v) is 4.97. The minimum atomic E-state index is -0.788. The minimum absolute atomic E-state index is 0.0265. The number of primary amides is 1. The number of benzene rings is 2. The first-order valence-electron chi connectivity index (χ1n) is 9.66. The van der Waals surface area contributed by atoms with E-state index in [9.17, 15) is 9.18 Å². The molecule has 2 heterocycles. The first-order valence-corrected chi connectivity index (χ1v) is 9.66. The van der Waals surface area contributed by atoms with Crippen molar-refractivity contribution in [3.8, 4) is 0 Å². The molecule has 0 aliphatic rings. The molecular formula is C22H22FN7O. The van der Waals surface area contributed by atoms with Crippen LogP contribution in [0.15, 0.2) is 60.8 Å². The molecule has 0 fully saturated rings. The minimum Gasteiger partial charge on any atom is -0.366 e. The second kappa shape index (κ2) is 8.41. The van der Waals surface area contributed by atoms with Gasteiger partial charge in [-0.15, -0.1) is 0 Å². The monoisotopic (exact) mass is 419 g/mol. The van der Waals surface area contributed by atoms with Crippen molar-refractivity contribution in [3.63, 3.8) is 0 Å². The van der Waals surface area contributed by atoms with Crippen LogP contribution in [0.5, 0.6) is 0 Å². The van der Waals surface area contributed by atoms with Gasteiger partial charge >= 0.3 is 0 Å². The first kappa shape index (κ1) is 20.3. The number of amides is 1.